The van der Waals surface area contributed by atoms with E-state index in [4.69, 9.17) is 23.2 Å². The summed E-state index contributed by atoms with van der Waals surface area (Å²) in [7, 11) is -1.28. The van der Waals surface area contributed by atoms with Crippen molar-refractivity contribution in [2.75, 3.05) is 44.7 Å². The monoisotopic (exact) mass is 447 g/mol. The maximum Gasteiger partial charge on any atom is 0.239 e. The molecule has 0 N–H and O–H groups in total. The summed E-state index contributed by atoms with van der Waals surface area (Å²) in [5.74, 6) is 0.248. The maximum absolute atomic E-state index is 12.8. The van der Waals surface area contributed by atoms with E-state index in [0.717, 1.165) is 38.3 Å². The summed E-state index contributed by atoms with van der Waals surface area (Å²) < 4.78 is 23.4. The van der Waals surface area contributed by atoms with Crippen LogP contribution in [-0.4, -0.2) is 85.8 Å². The number of rotatable bonds is 5. The van der Waals surface area contributed by atoms with Crippen molar-refractivity contribution in [3.63, 3.8) is 0 Å². The van der Waals surface area contributed by atoms with Gasteiger partial charge in [-0.1, -0.05) is 35.3 Å². The predicted molar refractivity (Wildman–Crippen MR) is 113 cm³/mol. The van der Waals surface area contributed by atoms with E-state index in [1.54, 1.807) is 18.0 Å². The molecule has 0 spiro atoms. The quantitative estimate of drug-likeness (QED) is 0.691. The number of amides is 1. The van der Waals surface area contributed by atoms with Crippen molar-refractivity contribution in [1.29, 1.82) is 0 Å². The van der Waals surface area contributed by atoms with Gasteiger partial charge in [-0.3, -0.25) is 14.6 Å². The van der Waals surface area contributed by atoms with Gasteiger partial charge in [0, 0.05) is 45.8 Å². The SMILES string of the molecule is CC(C(=O)N(C)C1CCS(=O)(=O)C1)N1CCN(Cc2cccc(Cl)c2Cl)CC1. The van der Waals surface area contributed by atoms with Crippen molar-refractivity contribution < 1.29 is 13.2 Å². The Morgan fingerprint density at radius 3 is 2.54 bits per heavy atom. The van der Waals surface area contributed by atoms with Crippen LogP contribution in [0.1, 0.15) is 18.9 Å². The Morgan fingerprint density at radius 2 is 1.93 bits per heavy atom. The molecule has 1 aromatic rings. The number of carbonyl (C=O) groups is 1. The summed E-state index contributed by atoms with van der Waals surface area (Å²) in [6.45, 7) is 5.87. The van der Waals surface area contributed by atoms with Crippen LogP contribution in [0.4, 0.5) is 0 Å². The normalized spacial score (nSPS) is 24.2. The van der Waals surface area contributed by atoms with E-state index in [0.29, 0.717) is 16.5 Å². The van der Waals surface area contributed by atoms with E-state index >= 15 is 0 Å². The van der Waals surface area contributed by atoms with E-state index in [9.17, 15) is 13.2 Å². The largest absolute Gasteiger partial charge is 0.340 e. The molecule has 156 valence electrons. The molecule has 0 aromatic heterocycles. The number of halogens is 2. The smallest absolute Gasteiger partial charge is 0.239 e. The lowest BCUT2D eigenvalue weighted by Gasteiger charge is -2.39. The molecule has 2 saturated heterocycles. The zero-order valence-electron chi connectivity index (χ0n) is 16.3. The zero-order valence-corrected chi connectivity index (χ0v) is 18.6. The van der Waals surface area contributed by atoms with Crippen LogP contribution in [0.3, 0.4) is 0 Å². The topological polar surface area (TPSA) is 60.9 Å². The molecule has 2 aliphatic rings. The first-order valence-electron chi connectivity index (χ1n) is 9.54. The molecule has 1 amide bonds. The second-order valence-corrected chi connectivity index (χ2v) is 10.7. The van der Waals surface area contributed by atoms with Crippen LogP contribution < -0.4 is 0 Å². The van der Waals surface area contributed by atoms with E-state index in [1.165, 1.54) is 0 Å². The van der Waals surface area contributed by atoms with Gasteiger partial charge in [-0.05, 0) is 25.0 Å². The summed E-state index contributed by atoms with van der Waals surface area (Å²) in [5, 5.41) is 1.16. The van der Waals surface area contributed by atoms with Crippen LogP contribution in [-0.2, 0) is 21.2 Å². The van der Waals surface area contributed by atoms with Crippen LogP contribution in [0.15, 0.2) is 18.2 Å². The zero-order chi connectivity index (χ0) is 20.5. The lowest BCUT2D eigenvalue weighted by Crippen LogP contribution is -2.55. The third-order valence-electron chi connectivity index (χ3n) is 5.84. The third kappa shape index (κ3) is 5.00. The standard InChI is InChI=1S/C19H27Cl2N3O3S/c1-14(19(25)22(2)16-6-11-28(26,27)13-16)24-9-7-23(8-10-24)12-15-4-3-5-17(20)18(15)21/h3-5,14,16H,6-13H2,1-2H3. The third-order valence-corrected chi connectivity index (χ3v) is 8.45. The maximum atomic E-state index is 12.8. The van der Waals surface area contributed by atoms with Crippen molar-refractivity contribution in [1.82, 2.24) is 14.7 Å². The first-order valence-corrected chi connectivity index (χ1v) is 12.1. The summed E-state index contributed by atoms with van der Waals surface area (Å²) >= 11 is 12.4. The number of likely N-dealkylation sites (N-methyl/N-ethyl adjacent to an activating group) is 1. The fourth-order valence-corrected chi connectivity index (χ4v) is 6.09. The minimum absolute atomic E-state index is 0.00608. The molecular formula is C19H27Cl2N3O3S. The first kappa shape index (κ1) is 21.8. The van der Waals surface area contributed by atoms with E-state index in [1.807, 2.05) is 19.1 Å². The van der Waals surface area contributed by atoms with Gasteiger partial charge in [0.1, 0.15) is 0 Å². The molecule has 0 radical (unpaired) electrons. The van der Waals surface area contributed by atoms with Gasteiger partial charge in [0.25, 0.3) is 0 Å². The lowest BCUT2D eigenvalue weighted by atomic mass is 10.1. The number of nitrogens with zero attached hydrogens (tertiary/aromatic N) is 3. The number of sulfone groups is 1. The molecule has 2 aliphatic heterocycles. The molecule has 2 atom stereocenters. The summed E-state index contributed by atoms with van der Waals surface area (Å²) in [6, 6.07) is 5.21. The highest BCUT2D eigenvalue weighted by molar-refractivity contribution is 7.91. The molecule has 0 bridgehead atoms. The second-order valence-electron chi connectivity index (χ2n) is 7.71. The van der Waals surface area contributed by atoms with E-state index in [-0.39, 0.29) is 29.5 Å². The minimum Gasteiger partial charge on any atom is -0.340 e. The summed E-state index contributed by atoms with van der Waals surface area (Å²) in [5.41, 5.74) is 1.01. The van der Waals surface area contributed by atoms with Gasteiger partial charge in [0.2, 0.25) is 5.91 Å². The number of hydrogen-bond donors (Lipinski definition) is 0. The van der Waals surface area contributed by atoms with Crippen molar-refractivity contribution in [2.24, 2.45) is 0 Å². The van der Waals surface area contributed by atoms with Gasteiger partial charge in [0.15, 0.2) is 9.84 Å². The lowest BCUT2D eigenvalue weighted by molar-refractivity contribution is -0.137. The van der Waals surface area contributed by atoms with Crippen molar-refractivity contribution in [3.05, 3.63) is 33.8 Å². The van der Waals surface area contributed by atoms with Crippen LogP contribution in [0, 0.1) is 0 Å². The Bertz CT molecular complexity index is 826. The Balaban J connectivity index is 1.52. The molecule has 2 heterocycles. The molecule has 0 saturated carbocycles. The highest BCUT2D eigenvalue weighted by Crippen LogP contribution is 2.27. The predicted octanol–water partition coefficient (Wildman–Crippen LogP) is 2.15. The molecule has 28 heavy (non-hydrogen) atoms. The van der Waals surface area contributed by atoms with E-state index in [2.05, 4.69) is 9.80 Å². The average molecular weight is 448 g/mol. The van der Waals surface area contributed by atoms with Crippen molar-refractivity contribution in [2.45, 2.75) is 32.0 Å². The molecule has 1 aromatic carbocycles. The van der Waals surface area contributed by atoms with Crippen LogP contribution in [0.5, 0.6) is 0 Å². The number of benzene rings is 1. The Kier molecular flexibility index (Phi) is 6.92. The van der Waals surface area contributed by atoms with Crippen molar-refractivity contribution in [3.8, 4) is 0 Å². The van der Waals surface area contributed by atoms with Gasteiger partial charge in [-0.15, -0.1) is 0 Å². The van der Waals surface area contributed by atoms with Gasteiger partial charge in [-0.2, -0.15) is 0 Å². The molecule has 3 rings (SSSR count). The van der Waals surface area contributed by atoms with Gasteiger partial charge in [-0.25, -0.2) is 8.42 Å². The molecule has 6 nitrogen and oxygen atoms in total. The van der Waals surface area contributed by atoms with Gasteiger partial charge in [0.05, 0.1) is 27.6 Å². The highest BCUT2D eigenvalue weighted by atomic mass is 35.5. The average Bonchev–Trinajstić information content (AvgIpc) is 3.04. The van der Waals surface area contributed by atoms with Crippen LogP contribution in [0.25, 0.3) is 0 Å². The minimum atomic E-state index is -3.00. The Hall–Kier alpha value is -0.860. The Morgan fingerprint density at radius 1 is 1.25 bits per heavy atom. The van der Waals surface area contributed by atoms with Crippen molar-refractivity contribution >= 4 is 38.9 Å². The van der Waals surface area contributed by atoms with Gasteiger partial charge < -0.3 is 4.90 Å². The van der Waals surface area contributed by atoms with Gasteiger partial charge >= 0.3 is 0 Å². The van der Waals surface area contributed by atoms with Crippen LogP contribution in [0.2, 0.25) is 10.0 Å². The molecule has 2 unspecified atom stereocenters. The summed E-state index contributed by atoms with van der Waals surface area (Å²) in [6.07, 6.45) is 0.533. The summed E-state index contributed by atoms with van der Waals surface area (Å²) in [4.78, 5) is 18.9. The number of hydrogen-bond acceptors (Lipinski definition) is 5. The van der Waals surface area contributed by atoms with E-state index < -0.39 is 9.84 Å². The molecular weight excluding hydrogens is 421 g/mol. The first-order chi connectivity index (χ1) is 13.2. The molecule has 2 fully saturated rings. The molecule has 9 heteroatoms. The highest BCUT2D eigenvalue weighted by Gasteiger charge is 2.35. The Labute approximate surface area is 177 Å². The number of piperazine rings is 1. The van der Waals surface area contributed by atoms with Crippen LogP contribution >= 0.6 is 23.2 Å². The number of carbonyl (C=O) groups excluding carboxylic acids is 1. The second kappa shape index (κ2) is 8.88. The molecule has 0 aliphatic carbocycles. The fourth-order valence-electron chi connectivity index (χ4n) is 3.93. The fraction of sp³-hybridized carbons (Fsp3) is 0.632.